The lowest BCUT2D eigenvalue weighted by molar-refractivity contribution is -0.140. The number of hydrogen-bond acceptors (Lipinski definition) is 5. The predicted molar refractivity (Wildman–Crippen MR) is 70.1 cm³/mol. The summed E-state index contributed by atoms with van der Waals surface area (Å²) < 4.78 is 0. The number of aliphatic carboxylic acids is 1. The van der Waals surface area contributed by atoms with Crippen LogP contribution in [-0.4, -0.2) is 39.0 Å². The molecule has 102 valence electrons. The summed E-state index contributed by atoms with van der Waals surface area (Å²) in [7, 11) is 0. The van der Waals surface area contributed by atoms with Gasteiger partial charge in [0.2, 0.25) is 11.0 Å². The Morgan fingerprint density at radius 3 is 2.47 bits per heavy atom. The zero-order valence-corrected chi connectivity index (χ0v) is 10.9. The van der Waals surface area contributed by atoms with Crippen LogP contribution in [0.4, 0.5) is 0 Å². The number of carboxylic acid groups (broad SMARTS) is 1. The number of benzene rings is 1. The third-order valence-electron chi connectivity index (χ3n) is 2.18. The number of para-hydroxylation sites is 1. The number of hydrogen-bond donors (Lipinski definition) is 3. The van der Waals surface area contributed by atoms with E-state index in [1.165, 1.54) is 19.1 Å². The fourth-order valence-electron chi connectivity index (χ4n) is 1.30. The van der Waals surface area contributed by atoms with E-state index in [1.807, 2.05) is 0 Å². The van der Waals surface area contributed by atoms with Crippen molar-refractivity contribution in [1.29, 1.82) is 0 Å². The molecule has 1 aromatic carbocycles. The van der Waals surface area contributed by atoms with Gasteiger partial charge in [0, 0.05) is 12.7 Å². The maximum atomic E-state index is 11.8. The van der Waals surface area contributed by atoms with Crippen LogP contribution < -0.4 is 5.32 Å². The molecule has 1 atom stereocenters. The first-order chi connectivity index (χ1) is 8.91. The molecule has 0 heterocycles. The highest BCUT2D eigenvalue weighted by Gasteiger charge is 2.21. The molecule has 19 heavy (non-hydrogen) atoms. The number of nitrogens with one attached hydrogen (secondary N) is 1. The quantitative estimate of drug-likeness (QED) is 0.740. The van der Waals surface area contributed by atoms with Crippen molar-refractivity contribution in [2.24, 2.45) is 0 Å². The summed E-state index contributed by atoms with van der Waals surface area (Å²) >= 11 is 0.728. The van der Waals surface area contributed by atoms with E-state index in [4.69, 9.17) is 5.11 Å². The molecule has 1 aromatic rings. The van der Waals surface area contributed by atoms with Crippen LogP contribution in [0.5, 0.6) is 5.75 Å². The summed E-state index contributed by atoms with van der Waals surface area (Å²) in [6.07, 6.45) is 0. The number of carbonyl (C=O) groups is 3. The average molecular weight is 283 g/mol. The van der Waals surface area contributed by atoms with Gasteiger partial charge in [0.15, 0.2) is 0 Å². The first-order valence-corrected chi connectivity index (χ1v) is 6.35. The van der Waals surface area contributed by atoms with Gasteiger partial charge in [-0.2, -0.15) is 0 Å². The highest BCUT2D eigenvalue weighted by Crippen LogP contribution is 2.22. The molecule has 1 rings (SSSR count). The molecule has 0 aliphatic rings. The first-order valence-electron chi connectivity index (χ1n) is 5.37. The van der Waals surface area contributed by atoms with Gasteiger partial charge >= 0.3 is 5.97 Å². The van der Waals surface area contributed by atoms with Gasteiger partial charge in [-0.05, 0) is 12.1 Å². The van der Waals surface area contributed by atoms with Gasteiger partial charge < -0.3 is 15.5 Å². The predicted octanol–water partition coefficient (Wildman–Crippen LogP) is 0.855. The van der Waals surface area contributed by atoms with Crippen molar-refractivity contribution in [3.8, 4) is 5.75 Å². The molecule has 7 heteroatoms. The molecule has 1 amide bonds. The van der Waals surface area contributed by atoms with E-state index in [2.05, 4.69) is 5.32 Å². The minimum absolute atomic E-state index is 0.109. The lowest BCUT2D eigenvalue weighted by atomic mass is 10.2. The second kappa shape index (κ2) is 6.79. The number of thioether (sulfide) groups is 1. The molecular weight excluding hydrogens is 270 g/mol. The Morgan fingerprint density at radius 1 is 1.32 bits per heavy atom. The van der Waals surface area contributed by atoms with Crippen molar-refractivity contribution in [3.63, 3.8) is 0 Å². The van der Waals surface area contributed by atoms with Crippen LogP contribution in [0.25, 0.3) is 0 Å². The second-order valence-electron chi connectivity index (χ2n) is 3.71. The molecule has 0 fully saturated rings. The fraction of sp³-hybridized carbons (Fsp3) is 0.250. The van der Waals surface area contributed by atoms with Crippen LogP contribution in [0.15, 0.2) is 24.3 Å². The Balaban J connectivity index is 2.65. The highest BCUT2D eigenvalue weighted by atomic mass is 32.2. The molecular formula is C12H13NO5S. The van der Waals surface area contributed by atoms with Crippen molar-refractivity contribution in [2.75, 3.05) is 5.75 Å². The molecule has 6 nitrogen and oxygen atoms in total. The minimum atomic E-state index is -1.22. The SMILES string of the molecule is CC(=O)N[C@@H](CSC(=O)c1ccccc1O)C(=O)O. The number of phenols is 1. The summed E-state index contributed by atoms with van der Waals surface area (Å²) in [4.78, 5) is 33.5. The summed E-state index contributed by atoms with van der Waals surface area (Å²) in [6.45, 7) is 1.20. The standard InChI is InChI=1S/C12H13NO5S/c1-7(14)13-9(11(16)17)6-19-12(18)8-4-2-3-5-10(8)15/h2-5,9,15H,6H2,1H3,(H,13,14)(H,16,17)/t9-/m0/s1. The molecule has 0 saturated carbocycles. The van der Waals surface area contributed by atoms with E-state index in [0.29, 0.717) is 0 Å². The number of phenolic OH excluding ortho intramolecular Hbond substituents is 1. The van der Waals surface area contributed by atoms with Gasteiger partial charge in [0.25, 0.3) is 0 Å². The van der Waals surface area contributed by atoms with E-state index < -0.39 is 23.0 Å². The number of rotatable bonds is 5. The van der Waals surface area contributed by atoms with Gasteiger partial charge in [-0.1, -0.05) is 23.9 Å². The maximum absolute atomic E-state index is 11.8. The van der Waals surface area contributed by atoms with Crippen LogP contribution >= 0.6 is 11.8 Å². The fourth-order valence-corrected chi connectivity index (χ4v) is 2.18. The molecule has 0 saturated heterocycles. The summed E-state index contributed by atoms with van der Waals surface area (Å²) in [5.74, 6) is -1.97. The Labute approximate surface area is 113 Å². The van der Waals surface area contributed by atoms with Gasteiger partial charge in [0.1, 0.15) is 11.8 Å². The van der Waals surface area contributed by atoms with Crippen molar-refractivity contribution in [1.82, 2.24) is 5.32 Å². The van der Waals surface area contributed by atoms with E-state index in [9.17, 15) is 19.5 Å². The number of aromatic hydroxyl groups is 1. The van der Waals surface area contributed by atoms with Gasteiger partial charge in [-0.15, -0.1) is 0 Å². The van der Waals surface area contributed by atoms with Gasteiger partial charge in [0.05, 0.1) is 5.56 Å². The molecule has 0 aliphatic heterocycles. The number of carboxylic acids is 1. The van der Waals surface area contributed by atoms with E-state index in [-0.39, 0.29) is 17.1 Å². The number of carbonyl (C=O) groups excluding carboxylic acids is 2. The van der Waals surface area contributed by atoms with E-state index >= 15 is 0 Å². The topological polar surface area (TPSA) is 104 Å². The van der Waals surface area contributed by atoms with Gasteiger partial charge in [-0.3, -0.25) is 9.59 Å². The molecule has 3 N–H and O–H groups in total. The monoisotopic (exact) mass is 283 g/mol. The normalized spacial score (nSPS) is 11.6. The van der Waals surface area contributed by atoms with E-state index in [0.717, 1.165) is 11.8 Å². The van der Waals surface area contributed by atoms with Gasteiger partial charge in [-0.25, -0.2) is 4.79 Å². The average Bonchev–Trinajstić information content (AvgIpc) is 2.34. The lowest BCUT2D eigenvalue weighted by Gasteiger charge is -2.12. The first kappa shape index (κ1) is 15.0. The Kier molecular flexibility index (Phi) is 5.37. The lowest BCUT2D eigenvalue weighted by Crippen LogP contribution is -2.41. The van der Waals surface area contributed by atoms with Crippen molar-refractivity contribution < 1.29 is 24.6 Å². The molecule has 0 bridgehead atoms. The Hall–Kier alpha value is -2.02. The maximum Gasteiger partial charge on any atom is 0.327 e. The molecule has 0 unspecified atom stereocenters. The molecule has 0 aliphatic carbocycles. The third-order valence-corrected chi connectivity index (χ3v) is 3.16. The third kappa shape index (κ3) is 4.63. The molecule has 0 radical (unpaired) electrons. The minimum Gasteiger partial charge on any atom is -0.507 e. The van der Waals surface area contributed by atoms with E-state index in [1.54, 1.807) is 12.1 Å². The van der Waals surface area contributed by atoms with Crippen LogP contribution in [-0.2, 0) is 9.59 Å². The Bertz CT molecular complexity index is 503. The van der Waals surface area contributed by atoms with Crippen molar-refractivity contribution >= 4 is 28.8 Å². The summed E-state index contributed by atoms with van der Waals surface area (Å²) in [6, 6.07) is 4.84. The zero-order valence-electron chi connectivity index (χ0n) is 10.1. The smallest absolute Gasteiger partial charge is 0.327 e. The highest BCUT2D eigenvalue weighted by molar-refractivity contribution is 8.14. The summed E-state index contributed by atoms with van der Waals surface area (Å²) in [5.41, 5.74) is 0.111. The van der Waals surface area contributed by atoms with Crippen LogP contribution in [0.1, 0.15) is 17.3 Å². The number of amides is 1. The van der Waals surface area contributed by atoms with Crippen molar-refractivity contribution in [3.05, 3.63) is 29.8 Å². The van der Waals surface area contributed by atoms with Crippen LogP contribution in [0, 0.1) is 0 Å². The van der Waals surface area contributed by atoms with Crippen LogP contribution in [0.3, 0.4) is 0 Å². The Morgan fingerprint density at radius 2 is 1.95 bits per heavy atom. The molecule has 0 spiro atoms. The zero-order chi connectivity index (χ0) is 14.4. The molecule has 0 aromatic heterocycles. The van der Waals surface area contributed by atoms with Crippen LogP contribution in [0.2, 0.25) is 0 Å². The largest absolute Gasteiger partial charge is 0.507 e. The summed E-state index contributed by atoms with van der Waals surface area (Å²) in [5, 5.41) is 20.1. The second-order valence-corrected chi connectivity index (χ2v) is 4.70. The van der Waals surface area contributed by atoms with Crippen molar-refractivity contribution in [2.45, 2.75) is 13.0 Å².